The number of halogens is 2. The third kappa shape index (κ3) is 4.04. The first-order valence-electron chi connectivity index (χ1n) is 6.17. The van der Waals surface area contributed by atoms with Crippen LogP contribution in [-0.4, -0.2) is 12.4 Å². The molecule has 0 fully saturated rings. The van der Waals surface area contributed by atoms with Gasteiger partial charge in [-0.25, -0.2) is 4.39 Å². The van der Waals surface area contributed by atoms with Crippen molar-refractivity contribution in [2.45, 2.75) is 6.42 Å². The van der Waals surface area contributed by atoms with Crippen molar-refractivity contribution in [3.05, 3.63) is 64.4 Å². The average Bonchev–Trinajstić information content (AvgIpc) is 2.47. The number of hydrogen-bond acceptors (Lipinski definition) is 3. The van der Waals surface area contributed by atoms with Crippen LogP contribution in [-0.2, 0) is 11.2 Å². The number of Topliss-reactive ketones (excluding diaryl/α,β-unsaturated/α-hetero) is 1. The van der Waals surface area contributed by atoms with E-state index in [0.29, 0.717) is 5.56 Å². The van der Waals surface area contributed by atoms with Crippen LogP contribution < -0.4 is 4.74 Å². The van der Waals surface area contributed by atoms with Crippen molar-refractivity contribution < 1.29 is 13.9 Å². The highest BCUT2D eigenvalue weighted by atomic mass is 35.5. The fourth-order valence-corrected chi connectivity index (χ4v) is 1.98. The lowest BCUT2D eigenvalue weighted by Crippen LogP contribution is -2.14. The van der Waals surface area contributed by atoms with E-state index < -0.39 is 0 Å². The summed E-state index contributed by atoms with van der Waals surface area (Å²) >= 11 is 5.87. The number of benzene rings is 2. The molecule has 3 nitrogen and oxygen atoms in total. The van der Waals surface area contributed by atoms with Crippen LogP contribution in [0.15, 0.2) is 42.5 Å². The highest BCUT2D eigenvalue weighted by Crippen LogP contribution is 2.25. The van der Waals surface area contributed by atoms with Crippen LogP contribution in [0.1, 0.15) is 11.1 Å². The molecular weight excluding hydrogens is 293 g/mol. The highest BCUT2D eigenvalue weighted by Gasteiger charge is 2.10. The van der Waals surface area contributed by atoms with Crippen LogP contribution in [0, 0.1) is 17.1 Å². The minimum Gasteiger partial charge on any atom is -0.484 e. The van der Waals surface area contributed by atoms with Crippen molar-refractivity contribution in [2.75, 3.05) is 6.61 Å². The first-order chi connectivity index (χ1) is 10.1. The van der Waals surface area contributed by atoms with Crippen LogP contribution in [0.2, 0.25) is 5.02 Å². The summed E-state index contributed by atoms with van der Waals surface area (Å²) in [5.74, 6) is -0.247. The fraction of sp³-hybridized carbons (Fsp3) is 0.125. The third-order valence-electron chi connectivity index (χ3n) is 2.79. The standard InChI is InChI=1S/C16H11ClFNO2/c17-15-2-1-3-16(14(15)9-19)21-10-13(20)8-11-4-6-12(18)7-5-11/h1-7H,8,10H2. The van der Waals surface area contributed by atoms with E-state index in [1.807, 2.05) is 6.07 Å². The molecule has 2 aromatic rings. The smallest absolute Gasteiger partial charge is 0.174 e. The van der Waals surface area contributed by atoms with Gasteiger partial charge in [-0.3, -0.25) is 4.79 Å². The molecule has 0 amide bonds. The van der Waals surface area contributed by atoms with Gasteiger partial charge in [-0.1, -0.05) is 29.8 Å². The van der Waals surface area contributed by atoms with Crippen LogP contribution in [0.3, 0.4) is 0 Å². The van der Waals surface area contributed by atoms with Crippen LogP contribution in [0.25, 0.3) is 0 Å². The fourth-order valence-electron chi connectivity index (χ4n) is 1.77. The predicted molar refractivity (Wildman–Crippen MR) is 76.8 cm³/mol. The lowest BCUT2D eigenvalue weighted by Gasteiger charge is -2.08. The number of ether oxygens (including phenoxy) is 1. The Hall–Kier alpha value is -2.38. The normalized spacial score (nSPS) is 9.95. The highest BCUT2D eigenvalue weighted by molar-refractivity contribution is 6.31. The molecule has 0 aliphatic rings. The van der Waals surface area contributed by atoms with E-state index in [0.717, 1.165) is 0 Å². The summed E-state index contributed by atoms with van der Waals surface area (Å²) in [7, 11) is 0. The Balaban J connectivity index is 1.97. The molecule has 0 radical (unpaired) electrons. The van der Waals surface area contributed by atoms with Gasteiger partial charge in [0, 0.05) is 6.42 Å². The summed E-state index contributed by atoms with van der Waals surface area (Å²) in [6, 6.07) is 12.4. The zero-order chi connectivity index (χ0) is 15.2. The maximum absolute atomic E-state index is 12.8. The van der Waals surface area contributed by atoms with Gasteiger partial charge >= 0.3 is 0 Å². The van der Waals surface area contributed by atoms with E-state index in [2.05, 4.69) is 0 Å². The molecule has 0 bridgehead atoms. The number of nitrogens with zero attached hydrogens (tertiary/aromatic N) is 1. The number of carbonyl (C=O) groups excluding carboxylic acids is 1. The zero-order valence-electron chi connectivity index (χ0n) is 11.0. The van der Waals surface area contributed by atoms with E-state index in [1.54, 1.807) is 30.3 Å². The van der Waals surface area contributed by atoms with Crippen molar-refractivity contribution in [2.24, 2.45) is 0 Å². The van der Waals surface area contributed by atoms with Crippen molar-refractivity contribution in [3.63, 3.8) is 0 Å². The van der Waals surface area contributed by atoms with E-state index >= 15 is 0 Å². The number of nitriles is 1. The van der Waals surface area contributed by atoms with Crippen LogP contribution in [0.5, 0.6) is 5.75 Å². The molecule has 0 aromatic heterocycles. The SMILES string of the molecule is N#Cc1c(Cl)cccc1OCC(=O)Cc1ccc(F)cc1. The molecular formula is C16H11ClFNO2. The molecule has 0 aliphatic carbocycles. The molecule has 0 heterocycles. The van der Waals surface area contributed by atoms with Crippen molar-refractivity contribution in [1.82, 2.24) is 0 Å². The van der Waals surface area contributed by atoms with Gasteiger partial charge in [0.05, 0.1) is 5.02 Å². The minimum atomic E-state index is -0.347. The molecule has 2 rings (SSSR count). The molecule has 0 aliphatic heterocycles. The number of rotatable bonds is 5. The first-order valence-corrected chi connectivity index (χ1v) is 6.55. The van der Waals surface area contributed by atoms with Crippen molar-refractivity contribution in [3.8, 4) is 11.8 Å². The van der Waals surface area contributed by atoms with Gasteiger partial charge in [0.2, 0.25) is 0 Å². The molecule has 2 aromatic carbocycles. The summed E-state index contributed by atoms with van der Waals surface area (Å²) in [5, 5.41) is 9.27. The Morgan fingerprint density at radius 3 is 2.62 bits per heavy atom. The first kappa shape index (κ1) is 15.0. The third-order valence-corrected chi connectivity index (χ3v) is 3.11. The summed E-state index contributed by atoms with van der Waals surface area (Å²) in [5.41, 5.74) is 0.908. The molecule has 5 heteroatoms. The summed E-state index contributed by atoms with van der Waals surface area (Å²) in [6.45, 7) is -0.174. The van der Waals surface area contributed by atoms with Gasteiger partial charge in [0.15, 0.2) is 5.78 Å². The molecule has 0 N–H and O–H groups in total. The second-order valence-electron chi connectivity index (χ2n) is 4.36. The topological polar surface area (TPSA) is 50.1 Å². The Labute approximate surface area is 126 Å². The number of carbonyl (C=O) groups is 1. The van der Waals surface area contributed by atoms with E-state index in [1.165, 1.54) is 12.1 Å². The van der Waals surface area contributed by atoms with Gasteiger partial charge in [0.25, 0.3) is 0 Å². The van der Waals surface area contributed by atoms with Crippen LogP contribution in [0.4, 0.5) is 4.39 Å². The minimum absolute atomic E-state index is 0.142. The molecule has 0 saturated carbocycles. The van der Waals surface area contributed by atoms with Gasteiger partial charge in [-0.05, 0) is 29.8 Å². The maximum Gasteiger partial charge on any atom is 0.174 e. The summed E-state index contributed by atoms with van der Waals surface area (Å²) < 4.78 is 18.1. The molecule has 0 atom stereocenters. The largest absolute Gasteiger partial charge is 0.484 e. The van der Waals surface area contributed by atoms with Gasteiger partial charge in [-0.15, -0.1) is 0 Å². The lowest BCUT2D eigenvalue weighted by molar-refractivity contribution is -0.120. The lowest BCUT2D eigenvalue weighted by atomic mass is 10.1. The average molecular weight is 304 g/mol. The summed E-state index contributed by atoms with van der Waals surface area (Å²) in [6.07, 6.45) is 0.142. The predicted octanol–water partition coefficient (Wildman–Crippen LogP) is 3.54. The van der Waals surface area contributed by atoms with E-state index in [4.69, 9.17) is 21.6 Å². The molecule has 21 heavy (non-hydrogen) atoms. The van der Waals surface area contributed by atoms with Crippen molar-refractivity contribution in [1.29, 1.82) is 5.26 Å². The Morgan fingerprint density at radius 2 is 1.95 bits per heavy atom. The van der Waals surface area contributed by atoms with Gasteiger partial charge in [-0.2, -0.15) is 5.26 Å². The maximum atomic E-state index is 12.8. The number of hydrogen-bond donors (Lipinski definition) is 0. The molecule has 0 spiro atoms. The zero-order valence-corrected chi connectivity index (χ0v) is 11.7. The van der Waals surface area contributed by atoms with Crippen LogP contribution >= 0.6 is 11.6 Å². The quantitative estimate of drug-likeness (QED) is 0.849. The van der Waals surface area contributed by atoms with Gasteiger partial charge < -0.3 is 4.74 Å². The number of ketones is 1. The van der Waals surface area contributed by atoms with Gasteiger partial charge in [0.1, 0.15) is 29.8 Å². The van der Waals surface area contributed by atoms with Crippen molar-refractivity contribution >= 4 is 17.4 Å². The molecule has 0 unspecified atom stereocenters. The second-order valence-corrected chi connectivity index (χ2v) is 4.76. The van der Waals surface area contributed by atoms with E-state index in [9.17, 15) is 9.18 Å². The Bertz CT molecular complexity index is 692. The Kier molecular flexibility index (Phi) is 4.91. The molecule has 0 saturated heterocycles. The van der Waals surface area contributed by atoms with E-state index in [-0.39, 0.29) is 41.0 Å². The molecule has 106 valence electrons. The second kappa shape index (κ2) is 6.87. The monoisotopic (exact) mass is 303 g/mol. The Morgan fingerprint density at radius 1 is 1.24 bits per heavy atom. The summed E-state index contributed by atoms with van der Waals surface area (Å²) in [4.78, 5) is 11.8.